The SMILES string of the molecule is CC(Oc1ccccc1C#N)C(=O)Nc1nnc(SCc2ccc(C#N)cc2)s1. The van der Waals surface area contributed by atoms with Crippen molar-refractivity contribution in [2.45, 2.75) is 23.1 Å². The summed E-state index contributed by atoms with van der Waals surface area (Å²) in [5.41, 5.74) is 2.05. The number of anilines is 1. The minimum atomic E-state index is -0.803. The Morgan fingerprint density at radius 1 is 1.17 bits per heavy atom. The van der Waals surface area contributed by atoms with Gasteiger partial charge in [0.05, 0.1) is 17.2 Å². The van der Waals surface area contributed by atoms with Gasteiger partial charge in [0.2, 0.25) is 5.13 Å². The molecule has 0 aliphatic heterocycles. The van der Waals surface area contributed by atoms with E-state index < -0.39 is 6.10 Å². The molecule has 9 heteroatoms. The summed E-state index contributed by atoms with van der Waals surface area (Å²) in [4.78, 5) is 12.4. The van der Waals surface area contributed by atoms with Gasteiger partial charge in [0.25, 0.3) is 5.91 Å². The van der Waals surface area contributed by atoms with Crippen molar-refractivity contribution in [1.82, 2.24) is 10.2 Å². The predicted octanol–water partition coefficient (Wildman–Crippen LogP) is 3.98. The standard InChI is InChI=1S/C20H15N5O2S2/c1-13(27-17-5-3-2-4-16(17)11-22)18(26)23-19-24-25-20(29-19)28-12-15-8-6-14(10-21)7-9-15/h2-9,13H,12H2,1H3,(H,23,24,26). The van der Waals surface area contributed by atoms with Crippen molar-refractivity contribution in [3.8, 4) is 17.9 Å². The number of para-hydroxylation sites is 1. The average molecular weight is 422 g/mol. The first-order valence-corrected chi connectivity index (χ1v) is 10.3. The molecule has 1 amide bonds. The zero-order chi connectivity index (χ0) is 20.6. The lowest BCUT2D eigenvalue weighted by Crippen LogP contribution is -2.30. The molecule has 2 aromatic carbocycles. The van der Waals surface area contributed by atoms with E-state index in [-0.39, 0.29) is 5.91 Å². The highest BCUT2D eigenvalue weighted by atomic mass is 32.2. The van der Waals surface area contributed by atoms with Gasteiger partial charge in [-0.15, -0.1) is 10.2 Å². The highest BCUT2D eigenvalue weighted by molar-refractivity contribution is 8.00. The second kappa shape index (κ2) is 9.69. The maximum Gasteiger partial charge on any atom is 0.266 e. The maximum atomic E-state index is 12.4. The molecule has 1 unspecified atom stereocenters. The van der Waals surface area contributed by atoms with Crippen molar-refractivity contribution < 1.29 is 9.53 Å². The van der Waals surface area contributed by atoms with E-state index >= 15 is 0 Å². The summed E-state index contributed by atoms with van der Waals surface area (Å²) in [7, 11) is 0. The Kier molecular flexibility index (Phi) is 6.80. The van der Waals surface area contributed by atoms with Crippen molar-refractivity contribution in [3.63, 3.8) is 0 Å². The number of rotatable bonds is 7. The normalized spacial score (nSPS) is 11.1. The van der Waals surface area contributed by atoms with Gasteiger partial charge in [0, 0.05) is 5.75 Å². The molecule has 0 radical (unpaired) electrons. The second-order valence-corrected chi connectivity index (χ2v) is 8.03. The van der Waals surface area contributed by atoms with Gasteiger partial charge in [-0.1, -0.05) is 47.4 Å². The smallest absolute Gasteiger partial charge is 0.266 e. The number of ether oxygens (including phenoxy) is 1. The Labute approximate surface area is 176 Å². The number of hydrogen-bond donors (Lipinski definition) is 1. The molecule has 3 aromatic rings. The molecule has 1 atom stereocenters. The quantitative estimate of drug-likeness (QED) is 0.453. The van der Waals surface area contributed by atoms with E-state index in [1.165, 1.54) is 23.1 Å². The summed E-state index contributed by atoms with van der Waals surface area (Å²) >= 11 is 2.76. The van der Waals surface area contributed by atoms with Crippen LogP contribution in [0.2, 0.25) is 0 Å². The Bertz CT molecular complexity index is 1080. The summed E-state index contributed by atoms with van der Waals surface area (Å²) in [5.74, 6) is 0.657. The number of aromatic nitrogens is 2. The molecule has 29 heavy (non-hydrogen) atoms. The number of hydrogen-bond acceptors (Lipinski definition) is 8. The van der Waals surface area contributed by atoms with Crippen molar-refractivity contribution in [2.75, 3.05) is 5.32 Å². The topological polar surface area (TPSA) is 112 Å². The first-order valence-electron chi connectivity index (χ1n) is 8.51. The van der Waals surface area contributed by atoms with Crippen LogP contribution in [0.15, 0.2) is 52.9 Å². The summed E-state index contributed by atoms with van der Waals surface area (Å²) in [6.07, 6.45) is -0.803. The number of amides is 1. The van der Waals surface area contributed by atoms with E-state index in [0.29, 0.717) is 32.1 Å². The van der Waals surface area contributed by atoms with Gasteiger partial charge in [0.15, 0.2) is 10.4 Å². The predicted molar refractivity (Wildman–Crippen MR) is 111 cm³/mol. The van der Waals surface area contributed by atoms with Gasteiger partial charge in [0.1, 0.15) is 11.8 Å². The van der Waals surface area contributed by atoms with Gasteiger partial charge in [-0.2, -0.15) is 10.5 Å². The summed E-state index contributed by atoms with van der Waals surface area (Å²) < 4.78 is 6.31. The lowest BCUT2D eigenvalue weighted by atomic mass is 10.2. The monoisotopic (exact) mass is 421 g/mol. The molecule has 144 valence electrons. The molecule has 0 aliphatic carbocycles. The zero-order valence-corrected chi connectivity index (χ0v) is 17.0. The molecule has 0 bridgehead atoms. The van der Waals surface area contributed by atoms with Crippen molar-refractivity contribution in [1.29, 1.82) is 10.5 Å². The third kappa shape index (κ3) is 5.55. The van der Waals surface area contributed by atoms with E-state index in [0.717, 1.165) is 5.56 Å². The molecule has 0 spiro atoms. The third-order valence-electron chi connectivity index (χ3n) is 3.76. The minimum Gasteiger partial charge on any atom is -0.480 e. The van der Waals surface area contributed by atoms with Gasteiger partial charge in [-0.05, 0) is 36.8 Å². The van der Waals surface area contributed by atoms with Crippen LogP contribution in [0, 0.1) is 22.7 Å². The minimum absolute atomic E-state index is 0.355. The number of benzene rings is 2. The second-order valence-electron chi connectivity index (χ2n) is 5.83. The van der Waals surface area contributed by atoms with Crippen LogP contribution in [-0.4, -0.2) is 22.2 Å². The third-order valence-corrected chi connectivity index (χ3v) is 5.81. The Balaban J connectivity index is 1.54. The highest BCUT2D eigenvalue weighted by Gasteiger charge is 2.18. The maximum absolute atomic E-state index is 12.4. The fourth-order valence-electron chi connectivity index (χ4n) is 2.25. The molecule has 1 aromatic heterocycles. The zero-order valence-electron chi connectivity index (χ0n) is 15.3. The first-order chi connectivity index (χ1) is 14.1. The lowest BCUT2D eigenvalue weighted by Gasteiger charge is -2.14. The highest BCUT2D eigenvalue weighted by Crippen LogP contribution is 2.28. The summed E-state index contributed by atoms with van der Waals surface area (Å²) in [5, 5.41) is 29.0. The molecule has 0 aliphatic rings. The molecule has 0 fully saturated rings. The molecular formula is C20H15N5O2S2. The average Bonchev–Trinajstić information content (AvgIpc) is 3.20. The first kappa shape index (κ1) is 20.3. The molecule has 7 nitrogen and oxygen atoms in total. The Morgan fingerprint density at radius 3 is 2.66 bits per heavy atom. The van der Waals surface area contributed by atoms with Crippen LogP contribution in [-0.2, 0) is 10.5 Å². The van der Waals surface area contributed by atoms with Crippen LogP contribution >= 0.6 is 23.1 Å². The number of nitriles is 2. The largest absolute Gasteiger partial charge is 0.480 e. The number of nitrogens with one attached hydrogen (secondary N) is 1. The number of thioether (sulfide) groups is 1. The van der Waals surface area contributed by atoms with Gasteiger partial charge in [-0.3, -0.25) is 10.1 Å². The van der Waals surface area contributed by atoms with Crippen LogP contribution in [0.4, 0.5) is 5.13 Å². The van der Waals surface area contributed by atoms with E-state index in [1.54, 1.807) is 43.3 Å². The molecular weight excluding hydrogens is 406 g/mol. The van der Waals surface area contributed by atoms with Crippen LogP contribution in [0.25, 0.3) is 0 Å². The van der Waals surface area contributed by atoms with E-state index in [9.17, 15) is 4.79 Å². The molecule has 3 rings (SSSR count). The molecule has 1 N–H and O–H groups in total. The van der Waals surface area contributed by atoms with Crippen LogP contribution in [0.5, 0.6) is 5.75 Å². The Morgan fingerprint density at radius 2 is 1.93 bits per heavy atom. The van der Waals surface area contributed by atoms with E-state index in [2.05, 4.69) is 21.6 Å². The van der Waals surface area contributed by atoms with Crippen molar-refractivity contribution in [2.24, 2.45) is 0 Å². The van der Waals surface area contributed by atoms with Crippen molar-refractivity contribution >= 4 is 34.1 Å². The fourth-order valence-corrected chi connectivity index (χ4v) is 3.96. The van der Waals surface area contributed by atoms with Crippen LogP contribution < -0.4 is 10.1 Å². The summed E-state index contributed by atoms with van der Waals surface area (Å²) in [6, 6.07) is 18.2. The molecule has 1 heterocycles. The molecule has 0 saturated heterocycles. The van der Waals surface area contributed by atoms with Crippen molar-refractivity contribution in [3.05, 3.63) is 65.2 Å². The number of carbonyl (C=O) groups excluding carboxylic acids is 1. The van der Waals surface area contributed by atoms with E-state index in [1.807, 2.05) is 18.2 Å². The Hall–Kier alpha value is -3.40. The van der Waals surface area contributed by atoms with Crippen LogP contribution in [0.3, 0.4) is 0 Å². The summed E-state index contributed by atoms with van der Waals surface area (Å²) in [6.45, 7) is 1.60. The van der Waals surface area contributed by atoms with Gasteiger partial charge in [-0.25, -0.2) is 0 Å². The van der Waals surface area contributed by atoms with Gasteiger partial charge < -0.3 is 4.74 Å². The number of nitrogens with zero attached hydrogens (tertiary/aromatic N) is 4. The lowest BCUT2D eigenvalue weighted by molar-refractivity contribution is -0.122. The number of carbonyl (C=O) groups is 1. The molecule has 0 saturated carbocycles. The fraction of sp³-hybridized carbons (Fsp3) is 0.150. The van der Waals surface area contributed by atoms with Gasteiger partial charge >= 0.3 is 0 Å². The van der Waals surface area contributed by atoms with Crippen LogP contribution in [0.1, 0.15) is 23.6 Å². The van der Waals surface area contributed by atoms with E-state index in [4.69, 9.17) is 15.3 Å².